The number of carbonyl (C=O) groups excluding carboxylic acids is 1. The molecule has 1 aromatic rings. The standard InChI is InChI=1S/C16H19F3N2O2/c1-10-9-20-6-7-21(10)15(22)13-8-12(13)11-4-2-3-5-14(11)23-16(17,18)19/h2-5,10,12-13,20H,6-9H2,1H3/t10-,12-,13+/m1/s1. The molecule has 4 nitrogen and oxygen atoms in total. The number of benzene rings is 1. The Morgan fingerprint density at radius 2 is 2.09 bits per heavy atom. The monoisotopic (exact) mass is 328 g/mol. The molecule has 1 saturated heterocycles. The molecular weight excluding hydrogens is 309 g/mol. The molecule has 23 heavy (non-hydrogen) atoms. The lowest BCUT2D eigenvalue weighted by Gasteiger charge is -2.34. The number of rotatable bonds is 3. The molecule has 1 aromatic carbocycles. The number of ether oxygens (including phenoxy) is 1. The van der Waals surface area contributed by atoms with Crippen molar-refractivity contribution in [3.63, 3.8) is 0 Å². The van der Waals surface area contributed by atoms with Gasteiger partial charge in [0.25, 0.3) is 0 Å². The lowest BCUT2D eigenvalue weighted by Crippen LogP contribution is -2.52. The van der Waals surface area contributed by atoms with Crippen LogP contribution in [0.2, 0.25) is 0 Å². The number of carbonyl (C=O) groups is 1. The minimum atomic E-state index is -4.72. The summed E-state index contributed by atoms with van der Waals surface area (Å²) >= 11 is 0. The molecule has 0 radical (unpaired) electrons. The minimum Gasteiger partial charge on any atom is -0.405 e. The fourth-order valence-corrected chi connectivity index (χ4v) is 3.20. The second kappa shape index (κ2) is 6.03. The molecule has 0 spiro atoms. The summed E-state index contributed by atoms with van der Waals surface area (Å²) in [6.07, 6.45) is -4.15. The van der Waals surface area contributed by atoms with Gasteiger partial charge in [-0.25, -0.2) is 0 Å². The summed E-state index contributed by atoms with van der Waals surface area (Å²) in [6.45, 7) is 4.12. The highest BCUT2D eigenvalue weighted by Gasteiger charge is 2.48. The molecule has 7 heteroatoms. The SMILES string of the molecule is C[C@@H]1CNCCN1C(=O)[C@H]1C[C@@H]1c1ccccc1OC(F)(F)F. The molecule has 3 rings (SSSR count). The van der Waals surface area contributed by atoms with Gasteiger partial charge >= 0.3 is 6.36 Å². The van der Waals surface area contributed by atoms with Crippen molar-refractivity contribution in [1.82, 2.24) is 10.2 Å². The van der Waals surface area contributed by atoms with Gasteiger partial charge in [-0.1, -0.05) is 18.2 Å². The summed E-state index contributed by atoms with van der Waals surface area (Å²) in [7, 11) is 0. The zero-order valence-corrected chi connectivity index (χ0v) is 12.8. The third-order valence-electron chi connectivity index (χ3n) is 4.44. The molecule has 1 aliphatic heterocycles. The Hall–Kier alpha value is -1.76. The van der Waals surface area contributed by atoms with E-state index in [-0.39, 0.29) is 29.5 Å². The molecule has 2 fully saturated rings. The van der Waals surface area contributed by atoms with E-state index in [9.17, 15) is 18.0 Å². The van der Waals surface area contributed by atoms with Crippen LogP contribution < -0.4 is 10.1 Å². The molecule has 3 atom stereocenters. The number of alkyl halides is 3. The van der Waals surface area contributed by atoms with Gasteiger partial charge in [-0.15, -0.1) is 13.2 Å². The van der Waals surface area contributed by atoms with E-state index in [4.69, 9.17) is 0 Å². The van der Waals surface area contributed by atoms with Crippen LogP contribution in [0.5, 0.6) is 5.75 Å². The topological polar surface area (TPSA) is 41.6 Å². The van der Waals surface area contributed by atoms with Gasteiger partial charge in [0.2, 0.25) is 5.91 Å². The van der Waals surface area contributed by atoms with E-state index in [0.717, 1.165) is 13.1 Å². The van der Waals surface area contributed by atoms with Crippen molar-refractivity contribution >= 4 is 5.91 Å². The Bertz CT molecular complexity index is 591. The third-order valence-corrected chi connectivity index (χ3v) is 4.44. The average molecular weight is 328 g/mol. The van der Waals surface area contributed by atoms with Crippen LogP contribution in [0.4, 0.5) is 13.2 Å². The van der Waals surface area contributed by atoms with Gasteiger partial charge in [-0.2, -0.15) is 0 Å². The van der Waals surface area contributed by atoms with Gasteiger partial charge in [0.15, 0.2) is 0 Å². The Morgan fingerprint density at radius 1 is 1.35 bits per heavy atom. The van der Waals surface area contributed by atoms with Crippen LogP contribution in [-0.2, 0) is 4.79 Å². The Morgan fingerprint density at radius 3 is 2.78 bits per heavy atom. The van der Waals surface area contributed by atoms with Crippen LogP contribution in [0.25, 0.3) is 0 Å². The molecular formula is C16H19F3N2O2. The highest BCUT2D eigenvalue weighted by Crippen LogP contribution is 2.51. The van der Waals surface area contributed by atoms with E-state index in [1.165, 1.54) is 12.1 Å². The Balaban J connectivity index is 1.72. The van der Waals surface area contributed by atoms with E-state index in [0.29, 0.717) is 18.5 Å². The predicted octanol–water partition coefficient (Wildman–Crippen LogP) is 2.51. The van der Waals surface area contributed by atoms with Gasteiger partial charge in [-0.3, -0.25) is 4.79 Å². The Kier molecular flexibility index (Phi) is 4.23. The summed E-state index contributed by atoms with van der Waals surface area (Å²) in [4.78, 5) is 14.4. The summed E-state index contributed by atoms with van der Waals surface area (Å²) in [5.74, 6) is -0.601. The average Bonchev–Trinajstić information content (AvgIpc) is 3.26. The quantitative estimate of drug-likeness (QED) is 0.927. The van der Waals surface area contributed by atoms with Crippen LogP contribution in [0, 0.1) is 5.92 Å². The normalized spacial score (nSPS) is 27.7. The van der Waals surface area contributed by atoms with E-state index in [1.54, 1.807) is 12.1 Å². The largest absolute Gasteiger partial charge is 0.573 e. The van der Waals surface area contributed by atoms with Gasteiger partial charge in [0.1, 0.15) is 5.75 Å². The number of para-hydroxylation sites is 1. The number of piperazine rings is 1. The summed E-state index contributed by atoms with van der Waals surface area (Å²) < 4.78 is 41.6. The van der Waals surface area contributed by atoms with Crippen molar-refractivity contribution < 1.29 is 22.7 Å². The van der Waals surface area contributed by atoms with Gasteiger partial charge < -0.3 is 15.0 Å². The molecule has 2 aliphatic rings. The van der Waals surface area contributed by atoms with E-state index >= 15 is 0 Å². The van der Waals surface area contributed by atoms with Crippen molar-refractivity contribution in [3.8, 4) is 5.75 Å². The smallest absolute Gasteiger partial charge is 0.405 e. The maximum absolute atomic E-state index is 12.6. The van der Waals surface area contributed by atoms with Crippen molar-refractivity contribution in [2.75, 3.05) is 19.6 Å². The first-order valence-electron chi connectivity index (χ1n) is 7.72. The van der Waals surface area contributed by atoms with Crippen LogP contribution in [-0.4, -0.2) is 42.8 Å². The maximum atomic E-state index is 12.6. The third kappa shape index (κ3) is 3.60. The lowest BCUT2D eigenvalue weighted by molar-refractivity contribution is -0.274. The molecule has 126 valence electrons. The molecule has 0 aromatic heterocycles. The van der Waals surface area contributed by atoms with Crippen LogP contribution in [0.3, 0.4) is 0 Å². The highest BCUT2D eigenvalue weighted by atomic mass is 19.4. The van der Waals surface area contributed by atoms with Gasteiger partial charge in [0, 0.05) is 31.6 Å². The van der Waals surface area contributed by atoms with Gasteiger partial charge in [0.05, 0.1) is 0 Å². The molecule has 1 heterocycles. The predicted molar refractivity (Wildman–Crippen MR) is 78.0 cm³/mol. The van der Waals surface area contributed by atoms with Crippen molar-refractivity contribution in [3.05, 3.63) is 29.8 Å². The second-order valence-electron chi connectivity index (χ2n) is 6.12. The Labute approximate surface area is 132 Å². The molecule has 1 N–H and O–H groups in total. The van der Waals surface area contributed by atoms with Crippen molar-refractivity contribution in [1.29, 1.82) is 0 Å². The maximum Gasteiger partial charge on any atom is 0.573 e. The summed E-state index contributed by atoms with van der Waals surface area (Å²) in [5, 5.41) is 3.22. The van der Waals surface area contributed by atoms with Crippen LogP contribution in [0.1, 0.15) is 24.8 Å². The fraction of sp³-hybridized carbons (Fsp3) is 0.562. The van der Waals surface area contributed by atoms with Crippen LogP contribution >= 0.6 is 0 Å². The highest BCUT2D eigenvalue weighted by molar-refractivity contribution is 5.83. The number of hydrogen-bond acceptors (Lipinski definition) is 3. The minimum absolute atomic E-state index is 0.0332. The van der Waals surface area contributed by atoms with Gasteiger partial charge in [-0.05, 0) is 30.9 Å². The first-order chi connectivity index (χ1) is 10.9. The molecule has 1 saturated carbocycles. The number of nitrogens with one attached hydrogen (secondary N) is 1. The number of hydrogen-bond donors (Lipinski definition) is 1. The second-order valence-corrected chi connectivity index (χ2v) is 6.12. The molecule has 1 aliphatic carbocycles. The van der Waals surface area contributed by atoms with E-state index in [1.807, 2.05) is 11.8 Å². The first kappa shape index (κ1) is 16.1. The molecule has 1 amide bonds. The summed E-state index contributed by atoms with van der Waals surface area (Å²) in [6, 6.07) is 6.20. The zero-order valence-electron chi connectivity index (χ0n) is 12.8. The number of nitrogens with zero attached hydrogens (tertiary/aromatic N) is 1. The van der Waals surface area contributed by atoms with E-state index < -0.39 is 6.36 Å². The van der Waals surface area contributed by atoms with Crippen molar-refractivity contribution in [2.24, 2.45) is 5.92 Å². The van der Waals surface area contributed by atoms with Crippen molar-refractivity contribution in [2.45, 2.75) is 31.7 Å². The number of amides is 1. The summed E-state index contributed by atoms with van der Waals surface area (Å²) in [5.41, 5.74) is 0.464. The van der Waals surface area contributed by atoms with Crippen LogP contribution in [0.15, 0.2) is 24.3 Å². The first-order valence-corrected chi connectivity index (χ1v) is 7.72. The number of halogens is 3. The zero-order chi connectivity index (χ0) is 16.6. The lowest BCUT2D eigenvalue weighted by atomic mass is 10.1. The molecule has 0 unspecified atom stereocenters. The fourth-order valence-electron chi connectivity index (χ4n) is 3.20. The van der Waals surface area contributed by atoms with E-state index in [2.05, 4.69) is 10.1 Å². The molecule has 0 bridgehead atoms.